The molecular formula is C25H28N2O5S. The lowest BCUT2D eigenvalue weighted by atomic mass is 10.1. The van der Waals surface area contributed by atoms with Gasteiger partial charge in [-0.05, 0) is 42.3 Å². The monoisotopic (exact) mass is 468 g/mol. The Morgan fingerprint density at radius 1 is 0.939 bits per heavy atom. The van der Waals surface area contributed by atoms with Crippen LogP contribution in [0.4, 0.5) is 5.69 Å². The number of nitrogens with one attached hydrogen (secondary N) is 1. The van der Waals surface area contributed by atoms with Gasteiger partial charge in [-0.2, -0.15) is 0 Å². The number of carbonyl (C=O) groups is 1. The summed E-state index contributed by atoms with van der Waals surface area (Å²) in [6, 6.07) is 21.0. The highest BCUT2D eigenvalue weighted by Gasteiger charge is 2.24. The number of sulfonamides is 1. The van der Waals surface area contributed by atoms with Gasteiger partial charge in [0, 0.05) is 0 Å². The zero-order valence-electron chi connectivity index (χ0n) is 19.1. The highest BCUT2D eigenvalue weighted by Crippen LogP contribution is 2.30. The van der Waals surface area contributed by atoms with Crippen LogP contribution in [0, 0.1) is 0 Å². The molecule has 0 saturated heterocycles. The van der Waals surface area contributed by atoms with Gasteiger partial charge < -0.3 is 14.8 Å². The Kier molecular flexibility index (Phi) is 7.60. The number of amides is 1. The van der Waals surface area contributed by atoms with Crippen LogP contribution in [0.1, 0.15) is 34.5 Å². The molecule has 0 heterocycles. The number of para-hydroxylation sites is 1. The van der Waals surface area contributed by atoms with Crippen molar-refractivity contribution in [2.45, 2.75) is 19.5 Å². The van der Waals surface area contributed by atoms with Crippen LogP contribution < -0.4 is 19.1 Å². The number of methoxy groups -OCH3 is 2. The highest BCUT2D eigenvalue weighted by molar-refractivity contribution is 7.92. The van der Waals surface area contributed by atoms with Gasteiger partial charge in [0.1, 0.15) is 0 Å². The van der Waals surface area contributed by atoms with E-state index >= 15 is 0 Å². The van der Waals surface area contributed by atoms with E-state index in [1.54, 1.807) is 50.6 Å². The second kappa shape index (κ2) is 10.4. The van der Waals surface area contributed by atoms with Gasteiger partial charge in [0.25, 0.3) is 5.91 Å². The minimum Gasteiger partial charge on any atom is -0.493 e. The summed E-state index contributed by atoms with van der Waals surface area (Å²) in [6.45, 7) is 1.97. The molecule has 7 nitrogen and oxygen atoms in total. The van der Waals surface area contributed by atoms with E-state index in [1.807, 2.05) is 43.3 Å². The smallest absolute Gasteiger partial charge is 0.253 e. The zero-order chi connectivity index (χ0) is 24.0. The Hall–Kier alpha value is -3.52. The molecule has 0 fully saturated rings. The molecule has 0 spiro atoms. The summed E-state index contributed by atoms with van der Waals surface area (Å²) in [5, 5.41) is 2.96. The minimum absolute atomic E-state index is 0.120. The maximum absolute atomic E-state index is 13.2. The van der Waals surface area contributed by atoms with Crippen molar-refractivity contribution in [3.05, 3.63) is 89.5 Å². The predicted octanol–water partition coefficient (Wildman–Crippen LogP) is 4.16. The fourth-order valence-corrected chi connectivity index (χ4v) is 4.39. The SMILES string of the molecule is COc1ccc([C@@H](C)NC(=O)c2ccccc2N(Cc2ccccc2)S(C)(=O)=O)cc1OC. The molecule has 0 aliphatic carbocycles. The molecule has 8 heteroatoms. The summed E-state index contributed by atoms with van der Waals surface area (Å²) >= 11 is 0. The first kappa shape index (κ1) is 24.1. The van der Waals surface area contributed by atoms with Crippen molar-refractivity contribution < 1.29 is 22.7 Å². The van der Waals surface area contributed by atoms with E-state index in [-0.39, 0.29) is 24.1 Å². The molecular weight excluding hydrogens is 440 g/mol. The molecule has 1 N–H and O–H groups in total. The van der Waals surface area contributed by atoms with Crippen LogP contribution in [0.3, 0.4) is 0 Å². The first-order chi connectivity index (χ1) is 15.7. The molecule has 1 atom stereocenters. The predicted molar refractivity (Wildman–Crippen MR) is 129 cm³/mol. The van der Waals surface area contributed by atoms with Gasteiger partial charge >= 0.3 is 0 Å². The van der Waals surface area contributed by atoms with Crippen molar-refractivity contribution in [2.24, 2.45) is 0 Å². The van der Waals surface area contributed by atoms with Crippen LogP contribution in [-0.2, 0) is 16.6 Å². The number of carbonyl (C=O) groups excluding carboxylic acids is 1. The summed E-state index contributed by atoms with van der Waals surface area (Å²) in [7, 11) is -0.539. The number of anilines is 1. The van der Waals surface area contributed by atoms with E-state index in [2.05, 4.69) is 5.32 Å². The Morgan fingerprint density at radius 2 is 1.58 bits per heavy atom. The first-order valence-corrected chi connectivity index (χ1v) is 12.2. The number of rotatable bonds is 9. The topological polar surface area (TPSA) is 84.9 Å². The van der Waals surface area contributed by atoms with Gasteiger partial charge in [0.15, 0.2) is 11.5 Å². The summed E-state index contributed by atoms with van der Waals surface area (Å²) in [6.07, 6.45) is 1.14. The molecule has 1 amide bonds. The van der Waals surface area contributed by atoms with Crippen LogP contribution >= 0.6 is 0 Å². The summed E-state index contributed by atoms with van der Waals surface area (Å²) < 4.78 is 37.2. The first-order valence-electron chi connectivity index (χ1n) is 10.4. The average molecular weight is 469 g/mol. The quantitative estimate of drug-likeness (QED) is 0.510. The van der Waals surface area contributed by atoms with Gasteiger partial charge in [-0.3, -0.25) is 9.10 Å². The number of benzene rings is 3. The Bertz CT molecular complexity index is 1210. The lowest BCUT2D eigenvalue weighted by Gasteiger charge is -2.25. The molecule has 33 heavy (non-hydrogen) atoms. The second-order valence-corrected chi connectivity index (χ2v) is 9.49. The van der Waals surface area contributed by atoms with Crippen LogP contribution in [0.5, 0.6) is 11.5 Å². The van der Waals surface area contributed by atoms with Gasteiger partial charge in [0.05, 0.1) is 44.3 Å². The van der Waals surface area contributed by atoms with Gasteiger partial charge in [0.2, 0.25) is 10.0 Å². The molecule has 0 aliphatic heterocycles. The molecule has 0 saturated carbocycles. The third-order valence-corrected chi connectivity index (χ3v) is 6.37. The third kappa shape index (κ3) is 5.84. The van der Waals surface area contributed by atoms with Gasteiger partial charge in [-0.1, -0.05) is 48.5 Å². The molecule has 174 valence electrons. The van der Waals surface area contributed by atoms with E-state index < -0.39 is 10.0 Å². The van der Waals surface area contributed by atoms with E-state index in [0.29, 0.717) is 17.2 Å². The lowest BCUT2D eigenvalue weighted by Crippen LogP contribution is -2.33. The van der Waals surface area contributed by atoms with Crippen LogP contribution in [-0.4, -0.2) is 34.8 Å². The Labute approximate surface area is 195 Å². The number of hydrogen-bond donors (Lipinski definition) is 1. The number of ether oxygens (including phenoxy) is 2. The fraction of sp³-hybridized carbons (Fsp3) is 0.240. The summed E-state index contributed by atoms with van der Waals surface area (Å²) in [5.74, 6) is 0.770. The number of nitrogens with zero attached hydrogens (tertiary/aromatic N) is 1. The van der Waals surface area contributed by atoms with E-state index in [4.69, 9.17) is 9.47 Å². The molecule has 3 aromatic rings. The van der Waals surface area contributed by atoms with Crippen molar-refractivity contribution in [3.8, 4) is 11.5 Å². The van der Waals surface area contributed by atoms with Gasteiger partial charge in [-0.25, -0.2) is 8.42 Å². The fourth-order valence-electron chi connectivity index (χ4n) is 3.49. The van der Waals surface area contributed by atoms with Crippen LogP contribution in [0.25, 0.3) is 0 Å². The molecule has 0 unspecified atom stereocenters. The van der Waals surface area contributed by atoms with E-state index in [0.717, 1.165) is 17.4 Å². The molecule has 0 radical (unpaired) electrons. The molecule has 0 bridgehead atoms. The molecule has 0 aliphatic rings. The van der Waals surface area contributed by atoms with E-state index in [1.165, 1.54) is 4.31 Å². The summed E-state index contributed by atoms with van der Waals surface area (Å²) in [5.41, 5.74) is 2.23. The van der Waals surface area contributed by atoms with Gasteiger partial charge in [-0.15, -0.1) is 0 Å². The molecule has 3 aromatic carbocycles. The van der Waals surface area contributed by atoms with E-state index in [9.17, 15) is 13.2 Å². The molecule has 3 rings (SSSR count). The Balaban J connectivity index is 1.90. The third-order valence-electron chi connectivity index (χ3n) is 5.24. The van der Waals surface area contributed by atoms with Crippen molar-refractivity contribution in [3.63, 3.8) is 0 Å². The van der Waals surface area contributed by atoms with Crippen molar-refractivity contribution in [1.29, 1.82) is 0 Å². The minimum atomic E-state index is -3.65. The lowest BCUT2D eigenvalue weighted by molar-refractivity contribution is 0.0940. The van der Waals surface area contributed by atoms with Crippen molar-refractivity contribution in [2.75, 3.05) is 24.8 Å². The summed E-state index contributed by atoms with van der Waals surface area (Å²) in [4.78, 5) is 13.2. The van der Waals surface area contributed by atoms with Crippen LogP contribution in [0.15, 0.2) is 72.8 Å². The maximum atomic E-state index is 13.2. The average Bonchev–Trinajstić information content (AvgIpc) is 2.82. The maximum Gasteiger partial charge on any atom is 0.253 e. The number of hydrogen-bond acceptors (Lipinski definition) is 5. The highest BCUT2D eigenvalue weighted by atomic mass is 32.2. The zero-order valence-corrected chi connectivity index (χ0v) is 19.9. The largest absolute Gasteiger partial charge is 0.493 e. The van der Waals surface area contributed by atoms with Crippen LogP contribution in [0.2, 0.25) is 0 Å². The van der Waals surface area contributed by atoms with Crippen molar-refractivity contribution in [1.82, 2.24) is 5.32 Å². The normalized spacial score (nSPS) is 12.0. The molecule has 0 aromatic heterocycles. The standard InChI is InChI=1S/C25H28N2O5S/c1-18(20-14-15-23(31-2)24(16-20)32-3)26-25(28)21-12-8-9-13-22(21)27(33(4,29)30)17-19-10-6-5-7-11-19/h5-16,18H,17H2,1-4H3,(H,26,28)/t18-/m1/s1. The Morgan fingerprint density at radius 3 is 2.21 bits per heavy atom. The second-order valence-electron chi connectivity index (χ2n) is 7.58. The van der Waals surface area contributed by atoms with Crippen molar-refractivity contribution >= 4 is 21.6 Å².